The van der Waals surface area contributed by atoms with Gasteiger partial charge in [-0.15, -0.1) is 0 Å². The Morgan fingerprint density at radius 3 is 1.79 bits per heavy atom. The Hall–Kier alpha value is -1.62. The van der Waals surface area contributed by atoms with Crippen LogP contribution >= 0.6 is 0 Å². The molecule has 0 bridgehead atoms. The third-order valence-corrected chi connectivity index (χ3v) is 4.35. The first-order valence-corrected chi connectivity index (χ1v) is 10.9. The molecule has 1 N–H and O–H groups in total. The third kappa shape index (κ3) is 17.8. The van der Waals surface area contributed by atoms with Gasteiger partial charge in [0.15, 0.2) is 6.10 Å². The Bertz CT molecular complexity index is 442. The number of unbranched alkanes of at least 4 members (excludes halogenated alkanes) is 10. The van der Waals surface area contributed by atoms with E-state index in [0.717, 1.165) is 32.1 Å². The van der Waals surface area contributed by atoms with E-state index < -0.39 is 18.0 Å². The van der Waals surface area contributed by atoms with Crippen molar-refractivity contribution >= 4 is 11.9 Å². The molecule has 0 fully saturated rings. The third-order valence-electron chi connectivity index (χ3n) is 4.35. The second-order valence-electron chi connectivity index (χ2n) is 7.08. The van der Waals surface area contributed by atoms with Gasteiger partial charge in [-0.05, 0) is 25.7 Å². The summed E-state index contributed by atoms with van der Waals surface area (Å²) in [6.07, 6.45) is 19.0. The van der Waals surface area contributed by atoms with Gasteiger partial charge in [-0.3, -0.25) is 0 Å². The fourth-order valence-electron chi connectivity index (χ4n) is 2.64. The van der Waals surface area contributed by atoms with Gasteiger partial charge in [-0.1, -0.05) is 77.4 Å². The van der Waals surface area contributed by atoms with Crippen LogP contribution in [0, 0.1) is 0 Å². The minimum atomic E-state index is -0.840. The minimum absolute atomic E-state index is 0.146. The SMILES string of the molecule is CCCCCCCC=CC(=O)OCC(CO)OC(=O)C=CCCCCCCC. The van der Waals surface area contributed by atoms with Gasteiger partial charge in [0.1, 0.15) is 6.61 Å². The maximum atomic E-state index is 11.7. The molecular formula is C23H40O5. The summed E-state index contributed by atoms with van der Waals surface area (Å²) >= 11 is 0. The molecule has 0 aliphatic heterocycles. The summed E-state index contributed by atoms with van der Waals surface area (Å²) in [5.74, 6) is -1.00. The molecule has 5 heteroatoms. The molecule has 0 amide bonds. The topological polar surface area (TPSA) is 72.8 Å². The van der Waals surface area contributed by atoms with E-state index in [4.69, 9.17) is 9.47 Å². The van der Waals surface area contributed by atoms with Crippen LogP contribution in [0.3, 0.4) is 0 Å². The highest BCUT2D eigenvalue weighted by Gasteiger charge is 2.13. The van der Waals surface area contributed by atoms with Gasteiger partial charge in [-0.2, -0.15) is 0 Å². The summed E-state index contributed by atoms with van der Waals surface area (Å²) in [5.41, 5.74) is 0. The van der Waals surface area contributed by atoms with Crippen molar-refractivity contribution in [1.29, 1.82) is 0 Å². The Morgan fingerprint density at radius 1 is 0.786 bits per heavy atom. The number of hydrogen-bond acceptors (Lipinski definition) is 5. The van der Waals surface area contributed by atoms with E-state index >= 15 is 0 Å². The molecule has 0 saturated carbocycles. The average Bonchev–Trinajstić information content (AvgIpc) is 2.69. The molecule has 0 saturated heterocycles. The van der Waals surface area contributed by atoms with Crippen molar-refractivity contribution in [3.8, 4) is 0 Å². The first-order valence-electron chi connectivity index (χ1n) is 10.9. The zero-order chi connectivity index (χ0) is 20.9. The number of ether oxygens (including phenoxy) is 2. The number of allylic oxidation sites excluding steroid dienone is 2. The fourth-order valence-corrected chi connectivity index (χ4v) is 2.64. The van der Waals surface area contributed by atoms with E-state index in [1.807, 2.05) is 0 Å². The summed E-state index contributed by atoms with van der Waals surface area (Å²) in [6.45, 7) is 3.83. The lowest BCUT2D eigenvalue weighted by Crippen LogP contribution is -2.27. The summed E-state index contributed by atoms with van der Waals surface area (Å²) in [7, 11) is 0. The molecule has 162 valence electrons. The van der Waals surface area contributed by atoms with Crippen LogP contribution in [0.5, 0.6) is 0 Å². The fraction of sp³-hybridized carbons (Fsp3) is 0.739. The molecule has 1 unspecified atom stereocenters. The number of rotatable bonds is 18. The second-order valence-corrected chi connectivity index (χ2v) is 7.08. The number of esters is 2. The summed E-state index contributed by atoms with van der Waals surface area (Å²) in [6, 6.07) is 0. The first kappa shape index (κ1) is 26.4. The van der Waals surface area contributed by atoms with Gasteiger partial charge in [-0.25, -0.2) is 9.59 Å². The van der Waals surface area contributed by atoms with Crippen LogP contribution in [0.1, 0.15) is 90.9 Å². The lowest BCUT2D eigenvalue weighted by Gasteiger charge is -2.13. The van der Waals surface area contributed by atoms with Crippen LogP contribution in [0.25, 0.3) is 0 Å². The van der Waals surface area contributed by atoms with Crippen LogP contribution in [-0.2, 0) is 19.1 Å². The molecule has 0 aromatic carbocycles. The van der Waals surface area contributed by atoms with Gasteiger partial charge < -0.3 is 14.6 Å². The van der Waals surface area contributed by atoms with Crippen LogP contribution in [-0.4, -0.2) is 36.4 Å². The standard InChI is InChI=1S/C23H40O5/c1-3-5-7-9-11-13-15-17-22(25)27-20-21(19-24)28-23(26)18-16-14-12-10-8-6-4-2/h15-18,21,24H,3-14,19-20H2,1-2H3. The zero-order valence-electron chi connectivity index (χ0n) is 17.9. The number of hydrogen-bond donors (Lipinski definition) is 1. The minimum Gasteiger partial charge on any atom is -0.458 e. The largest absolute Gasteiger partial charge is 0.458 e. The highest BCUT2D eigenvalue weighted by molar-refractivity contribution is 5.82. The molecule has 0 heterocycles. The highest BCUT2D eigenvalue weighted by atomic mass is 16.6. The monoisotopic (exact) mass is 396 g/mol. The summed E-state index contributed by atoms with van der Waals surface area (Å²) in [4.78, 5) is 23.4. The van der Waals surface area contributed by atoms with Gasteiger partial charge in [0, 0.05) is 12.2 Å². The van der Waals surface area contributed by atoms with Crippen molar-refractivity contribution < 1.29 is 24.2 Å². The van der Waals surface area contributed by atoms with E-state index in [-0.39, 0.29) is 13.2 Å². The lowest BCUT2D eigenvalue weighted by atomic mass is 10.1. The van der Waals surface area contributed by atoms with Crippen LogP contribution in [0.4, 0.5) is 0 Å². The first-order chi connectivity index (χ1) is 13.6. The molecule has 0 aromatic heterocycles. The Morgan fingerprint density at radius 2 is 1.29 bits per heavy atom. The number of carbonyl (C=O) groups is 2. The van der Waals surface area contributed by atoms with Crippen molar-refractivity contribution in [3.63, 3.8) is 0 Å². The van der Waals surface area contributed by atoms with Crippen molar-refractivity contribution in [2.75, 3.05) is 13.2 Å². The van der Waals surface area contributed by atoms with E-state index in [2.05, 4.69) is 13.8 Å². The van der Waals surface area contributed by atoms with Crippen molar-refractivity contribution in [2.45, 2.75) is 97.0 Å². The predicted octanol–water partition coefficient (Wildman–Crippen LogP) is 5.27. The Kier molecular flexibility index (Phi) is 19.0. The van der Waals surface area contributed by atoms with Gasteiger partial charge in [0.2, 0.25) is 0 Å². The molecule has 0 aliphatic rings. The van der Waals surface area contributed by atoms with Crippen LogP contribution in [0.2, 0.25) is 0 Å². The molecule has 28 heavy (non-hydrogen) atoms. The molecule has 0 spiro atoms. The lowest BCUT2D eigenvalue weighted by molar-refractivity contribution is -0.155. The quantitative estimate of drug-likeness (QED) is 0.194. The van der Waals surface area contributed by atoms with Gasteiger partial charge in [0.25, 0.3) is 0 Å². The van der Waals surface area contributed by atoms with Crippen LogP contribution < -0.4 is 0 Å². The van der Waals surface area contributed by atoms with Crippen molar-refractivity contribution in [2.24, 2.45) is 0 Å². The van der Waals surface area contributed by atoms with E-state index in [1.165, 1.54) is 57.1 Å². The summed E-state index contributed by atoms with van der Waals surface area (Å²) < 4.78 is 10.1. The van der Waals surface area contributed by atoms with Crippen LogP contribution in [0.15, 0.2) is 24.3 Å². The van der Waals surface area contributed by atoms with E-state index in [1.54, 1.807) is 12.2 Å². The second kappa shape index (κ2) is 20.1. The van der Waals surface area contributed by atoms with Gasteiger partial charge in [0.05, 0.1) is 6.61 Å². The maximum absolute atomic E-state index is 11.7. The normalized spacial score (nSPS) is 12.5. The summed E-state index contributed by atoms with van der Waals surface area (Å²) in [5, 5.41) is 9.29. The predicted molar refractivity (Wildman–Crippen MR) is 113 cm³/mol. The number of aliphatic hydroxyl groups is 1. The van der Waals surface area contributed by atoms with E-state index in [0.29, 0.717) is 0 Å². The maximum Gasteiger partial charge on any atom is 0.330 e. The van der Waals surface area contributed by atoms with Crippen molar-refractivity contribution in [1.82, 2.24) is 0 Å². The molecule has 0 radical (unpaired) electrons. The number of aliphatic hydroxyl groups excluding tert-OH is 1. The molecule has 0 aliphatic carbocycles. The molecule has 5 nitrogen and oxygen atoms in total. The Labute approximate surface area is 171 Å². The molecule has 0 aromatic rings. The molecular weight excluding hydrogens is 356 g/mol. The number of carbonyl (C=O) groups excluding carboxylic acids is 2. The average molecular weight is 397 g/mol. The Balaban J connectivity index is 3.88. The zero-order valence-corrected chi connectivity index (χ0v) is 17.9. The smallest absolute Gasteiger partial charge is 0.330 e. The highest BCUT2D eigenvalue weighted by Crippen LogP contribution is 2.06. The van der Waals surface area contributed by atoms with Gasteiger partial charge >= 0.3 is 11.9 Å². The van der Waals surface area contributed by atoms with E-state index in [9.17, 15) is 14.7 Å². The van der Waals surface area contributed by atoms with Crippen molar-refractivity contribution in [3.05, 3.63) is 24.3 Å². The molecule has 0 rings (SSSR count). The molecule has 1 atom stereocenters.